The second kappa shape index (κ2) is 9.13. The standard InChI is InChI=1S/C28H24Cl2N4O2/c1-3-33(2)27(32-31)28(36,19-6-10-22(30)11-7-19)20-14-18-12-13-34-25(35)16-23(24(15-20)26(18)34)17-4-8-21(29)9-5-17/h3-11,14-16,36H,1,12-13,31H2,2H3/b32-27-. The fourth-order valence-electron chi connectivity index (χ4n) is 4.97. The van der Waals surface area contributed by atoms with Gasteiger partial charge in [-0.1, -0.05) is 54.0 Å². The molecule has 36 heavy (non-hydrogen) atoms. The quantitative estimate of drug-likeness (QED) is 0.166. The maximum absolute atomic E-state index is 13.0. The van der Waals surface area contributed by atoms with Crippen LogP contribution in [0.15, 0.2) is 89.4 Å². The third-order valence-corrected chi connectivity index (χ3v) is 7.28. The average Bonchev–Trinajstić information content (AvgIpc) is 3.32. The lowest BCUT2D eigenvalue weighted by Crippen LogP contribution is -2.45. The molecule has 2 heterocycles. The summed E-state index contributed by atoms with van der Waals surface area (Å²) < 4.78 is 1.78. The van der Waals surface area contributed by atoms with E-state index in [1.807, 2.05) is 24.3 Å². The second-order valence-corrected chi connectivity index (χ2v) is 9.67. The van der Waals surface area contributed by atoms with Crippen LogP contribution in [0.1, 0.15) is 16.7 Å². The largest absolute Gasteiger partial charge is 0.373 e. The molecule has 1 aliphatic heterocycles. The summed E-state index contributed by atoms with van der Waals surface area (Å²) in [6.07, 6.45) is 2.19. The molecule has 0 fully saturated rings. The van der Waals surface area contributed by atoms with Gasteiger partial charge in [-0.25, -0.2) is 0 Å². The number of halogens is 2. The first-order chi connectivity index (χ1) is 17.3. The molecule has 1 atom stereocenters. The van der Waals surface area contributed by atoms with Crippen molar-refractivity contribution in [3.05, 3.63) is 117 Å². The molecule has 0 saturated carbocycles. The molecule has 0 saturated heterocycles. The number of rotatable bonds is 5. The third kappa shape index (κ3) is 3.78. The van der Waals surface area contributed by atoms with Gasteiger partial charge in [0.1, 0.15) is 0 Å². The van der Waals surface area contributed by atoms with Crippen LogP contribution in [0.3, 0.4) is 0 Å². The molecule has 4 aromatic rings. The van der Waals surface area contributed by atoms with Crippen LogP contribution in [0.5, 0.6) is 0 Å². The summed E-state index contributed by atoms with van der Waals surface area (Å²) in [7, 11) is 1.72. The zero-order chi connectivity index (χ0) is 25.6. The molecule has 0 bridgehead atoms. The molecule has 182 valence electrons. The minimum absolute atomic E-state index is 0.0671. The number of aromatic nitrogens is 1. The minimum atomic E-state index is -1.73. The molecular formula is C28H24Cl2N4O2. The lowest BCUT2D eigenvalue weighted by Gasteiger charge is -2.34. The zero-order valence-corrected chi connectivity index (χ0v) is 21.1. The normalized spacial score (nSPS) is 14.6. The third-order valence-electron chi connectivity index (χ3n) is 6.78. The smallest absolute Gasteiger partial charge is 0.251 e. The van der Waals surface area contributed by atoms with E-state index < -0.39 is 5.60 Å². The van der Waals surface area contributed by atoms with Crippen molar-refractivity contribution in [2.24, 2.45) is 10.9 Å². The number of nitrogens with two attached hydrogens (primary N) is 1. The fourth-order valence-corrected chi connectivity index (χ4v) is 5.22. The number of benzene rings is 3. The maximum Gasteiger partial charge on any atom is 0.251 e. The highest BCUT2D eigenvalue weighted by atomic mass is 35.5. The fraction of sp³-hybridized carbons (Fsp3) is 0.143. The van der Waals surface area contributed by atoms with Gasteiger partial charge in [0, 0.05) is 35.1 Å². The van der Waals surface area contributed by atoms with E-state index in [2.05, 4.69) is 11.7 Å². The summed E-state index contributed by atoms with van der Waals surface area (Å²) in [5, 5.41) is 18.4. The summed E-state index contributed by atoms with van der Waals surface area (Å²) in [6, 6.07) is 19.7. The Hall–Kier alpha value is -3.58. The van der Waals surface area contributed by atoms with Gasteiger partial charge in [-0.15, -0.1) is 0 Å². The summed E-state index contributed by atoms with van der Waals surface area (Å²) in [4.78, 5) is 14.6. The number of aryl methyl sites for hydroxylation is 2. The van der Waals surface area contributed by atoms with E-state index >= 15 is 0 Å². The Morgan fingerprint density at radius 3 is 2.33 bits per heavy atom. The van der Waals surface area contributed by atoms with E-state index in [0.717, 1.165) is 27.6 Å². The van der Waals surface area contributed by atoms with Gasteiger partial charge < -0.3 is 20.4 Å². The number of nitrogens with zero attached hydrogens (tertiary/aromatic N) is 3. The van der Waals surface area contributed by atoms with Crippen molar-refractivity contribution in [1.82, 2.24) is 9.47 Å². The second-order valence-electron chi connectivity index (χ2n) is 8.80. The number of hydrogen-bond acceptors (Lipinski definition) is 4. The summed E-state index contributed by atoms with van der Waals surface area (Å²) in [5.41, 5.74) is 2.73. The van der Waals surface area contributed by atoms with Crippen LogP contribution < -0.4 is 11.4 Å². The van der Waals surface area contributed by atoms with Crippen molar-refractivity contribution in [3.8, 4) is 11.1 Å². The molecule has 1 aliphatic rings. The highest BCUT2D eigenvalue weighted by molar-refractivity contribution is 6.31. The van der Waals surface area contributed by atoms with Gasteiger partial charge in [-0.05, 0) is 76.8 Å². The predicted octanol–water partition coefficient (Wildman–Crippen LogP) is 5.11. The van der Waals surface area contributed by atoms with Gasteiger partial charge in [-0.2, -0.15) is 5.10 Å². The monoisotopic (exact) mass is 518 g/mol. The van der Waals surface area contributed by atoms with Gasteiger partial charge >= 0.3 is 0 Å². The Morgan fingerprint density at radius 2 is 1.72 bits per heavy atom. The Morgan fingerprint density at radius 1 is 1.08 bits per heavy atom. The van der Waals surface area contributed by atoms with Crippen LogP contribution >= 0.6 is 23.2 Å². The lowest BCUT2D eigenvalue weighted by atomic mass is 9.82. The van der Waals surface area contributed by atoms with E-state index in [1.54, 1.807) is 59.0 Å². The molecule has 0 radical (unpaired) electrons. The van der Waals surface area contributed by atoms with E-state index in [4.69, 9.17) is 29.0 Å². The minimum Gasteiger partial charge on any atom is -0.373 e. The Bertz CT molecular complexity index is 1580. The van der Waals surface area contributed by atoms with E-state index in [1.165, 1.54) is 6.20 Å². The van der Waals surface area contributed by atoms with Crippen molar-refractivity contribution >= 4 is 39.9 Å². The van der Waals surface area contributed by atoms with Crippen molar-refractivity contribution in [3.63, 3.8) is 0 Å². The molecule has 8 heteroatoms. The van der Waals surface area contributed by atoms with Crippen molar-refractivity contribution in [2.45, 2.75) is 18.6 Å². The van der Waals surface area contributed by atoms with Crippen LogP contribution in [-0.4, -0.2) is 27.5 Å². The summed E-state index contributed by atoms with van der Waals surface area (Å²) >= 11 is 12.3. The number of hydrogen-bond donors (Lipinski definition) is 2. The molecule has 0 aliphatic carbocycles. The first kappa shape index (κ1) is 24.1. The maximum atomic E-state index is 13.0. The molecule has 1 aromatic heterocycles. The van der Waals surface area contributed by atoms with Crippen LogP contribution in [0.25, 0.3) is 22.0 Å². The molecule has 1 unspecified atom stereocenters. The van der Waals surface area contributed by atoms with Crippen LogP contribution in [0.2, 0.25) is 10.0 Å². The highest BCUT2D eigenvalue weighted by Gasteiger charge is 2.41. The molecule has 5 rings (SSSR count). The first-order valence-electron chi connectivity index (χ1n) is 11.4. The number of likely N-dealkylation sites (N-methyl/N-ethyl adjacent to an activating group) is 1. The van der Waals surface area contributed by atoms with Gasteiger partial charge in [0.15, 0.2) is 11.4 Å². The van der Waals surface area contributed by atoms with Crippen molar-refractivity contribution in [2.75, 3.05) is 7.05 Å². The average molecular weight is 519 g/mol. The number of amidine groups is 1. The summed E-state index contributed by atoms with van der Waals surface area (Å²) in [5.74, 6) is 6.03. The van der Waals surface area contributed by atoms with Gasteiger partial charge in [0.25, 0.3) is 5.56 Å². The van der Waals surface area contributed by atoms with Crippen molar-refractivity contribution in [1.29, 1.82) is 0 Å². The molecular weight excluding hydrogens is 495 g/mol. The SMILES string of the molecule is C=CN(C)/C(=N\N)C(O)(c1ccc(Cl)cc1)c1cc2c3c(c1)c(-c1ccc(Cl)cc1)cc(=O)n3CC2. The summed E-state index contributed by atoms with van der Waals surface area (Å²) in [6.45, 7) is 4.38. The number of hydrazone groups is 1. The lowest BCUT2D eigenvalue weighted by molar-refractivity contribution is 0.144. The zero-order valence-electron chi connectivity index (χ0n) is 19.6. The molecule has 6 nitrogen and oxygen atoms in total. The van der Waals surface area contributed by atoms with E-state index in [-0.39, 0.29) is 11.4 Å². The van der Waals surface area contributed by atoms with Gasteiger partial charge in [-0.3, -0.25) is 4.79 Å². The topological polar surface area (TPSA) is 83.8 Å². The Labute approximate surface area is 218 Å². The van der Waals surface area contributed by atoms with Crippen LogP contribution in [0, 0.1) is 0 Å². The van der Waals surface area contributed by atoms with Crippen molar-refractivity contribution < 1.29 is 5.11 Å². The van der Waals surface area contributed by atoms with Crippen LogP contribution in [-0.2, 0) is 18.6 Å². The van der Waals surface area contributed by atoms with E-state index in [9.17, 15) is 9.90 Å². The first-order valence-corrected chi connectivity index (χ1v) is 12.1. The molecule has 3 aromatic carbocycles. The van der Waals surface area contributed by atoms with E-state index in [0.29, 0.717) is 34.1 Å². The molecule has 3 N–H and O–H groups in total. The number of aliphatic hydroxyl groups is 1. The van der Waals surface area contributed by atoms with Crippen LogP contribution in [0.4, 0.5) is 0 Å². The number of pyridine rings is 1. The predicted molar refractivity (Wildman–Crippen MR) is 146 cm³/mol. The van der Waals surface area contributed by atoms with Gasteiger partial charge in [0.2, 0.25) is 0 Å². The Kier molecular flexibility index (Phi) is 6.12. The van der Waals surface area contributed by atoms with Gasteiger partial charge in [0.05, 0.1) is 5.52 Å². The molecule has 0 spiro atoms. The molecule has 0 amide bonds. The Balaban J connectivity index is 1.86. The highest BCUT2D eigenvalue weighted by Crippen LogP contribution is 2.40.